The van der Waals surface area contributed by atoms with Crippen LogP contribution < -0.4 is 4.74 Å². The normalized spacial score (nSPS) is 11.1. The number of aromatic nitrogens is 1. The third-order valence-electron chi connectivity index (χ3n) is 3.15. The summed E-state index contributed by atoms with van der Waals surface area (Å²) in [5, 5.41) is 19.0. The summed E-state index contributed by atoms with van der Waals surface area (Å²) in [5.74, 6) is 0.941. The first kappa shape index (κ1) is 14.0. The number of hydrogen-bond donors (Lipinski definition) is 1. The van der Waals surface area contributed by atoms with Crippen molar-refractivity contribution < 1.29 is 9.84 Å². The van der Waals surface area contributed by atoms with Gasteiger partial charge in [-0.3, -0.25) is 4.98 Å². The highest BCUT2D eigenvalue weighted by Crippen LogP contribution is 2.32. The maximum atomic E-state index is 9.81. The average Bonchev–Trinajstić information content (AvgIpc) is 2.56. The zero-order valence-electron chi connectivity index (χ0n) is 12.1. The molecule has 0 spiro atoms. The molecule has 3 rings (SSSR count). The van der Waals surface area contributed by atoms with Crippen molar-refractivity contribution in [3.63, 3.8) is 0 Å². The van der Waals surface area contributed by atoms with Crippen molar-refractivity contribution in [2.75, 3.05) is 6.61 Å². The van der Waals surface area contributed by atoms with Crippen LogP contribution in [-0.2, 0) is 0 Å². The van der Waals surface area contributed by atoms with E-state index in [0.29, 0.717) is 17.8 Å². The summed E-state index contributed by atoms with van der Waals surface area (Å²) in [7, 11) is 0. The number of pyridine rings is 1. The number of phenolic OH excluding ortho intramolecular Hbond substituents is 1. The molecule has 2 aromatic carbocycles. The number of nitrogens with zero attached hydrogens (tertiary/aromatic N) is 3. The lowest BCUT2D eigenvalue weighted by molar-refractivity contribution is 0.340. The molecule has 0 unspecified atom stereocenters. The van der Waals surface area contributed by atoms with Crippen molar-refractivity contribution >= 4 is 22.3 Å². The first-order chi connectivity index (χ1) is 10.8. The van der Waals surface area contributed by atoms with Gasteiger partial charge < -0.3 is 9.84 Å². The molecule has 0 aliphatic rings. The molecule has 0 atom stereocenters. The van der Waals surface area contributed by atoms with E-state index in [0.717, 1.165) is 16.8 Å². The summed E-state index contributed by atoms with van der Waals surface area (Å²) in [5.41, 5.74) is 1.91. The molecule has 0 aliphatic heterocycles. The molecule has 0 saturated carbocycles. The highest BCUT2D eigenvalue weighted by atomic mass is 16.5. The maximum Gasteiger partial charge on any atom is 0.141 e. The van der Waals surface area contributed by atoms with Crippen LogP contribution in [0.15, 0.2) is 65.0 Å². The number of benzene rings is 2. The van der Waals surface area contributed by atoms with Gasteiger partial charge in [-0.25, -0.2) is 0 Å². The molecule has 0 bridgehead atoms. The number of ether oxygens (including phenoxy) is 1. The van der Waals surface area contributed by atoms with E-state index in [2.05, 4.69) is 15.2 Å². The van der Waals surface area contributed by atoms with Crippen LogP contribution in [0.4, 0.5) is 11.4 Å². The summed E-state index contributed by atoms with van der Waals surface area (Å²) < 4.78 is 5.39. The van der Waals surface area contributed by atoms with E-state index in [4.69, 9.17) is 4.74 Å². The molecule has 1 aromatic heterocycles. The maximum absolute atomic E-state index is 9.81. The number of azo groups is 1. The minimum absolute atomic E-state index is 0.135. The lowest BCUT2D eigenvalue weighted by Crippen LogP contribution is -1.89. The lowest BCUT2D eigenvalue weighted by atomic mass is 10.2. The molecule has 5 nitrogen and oxygen atoms in total. The Morgan fingerprint density at radius 1 is 1.05 bits per heavy atom. The van der Waals surface area contributed by atoms with Crippen LogP contribution in [0, 0.1) is 0 Å². The zero-order valence-corrected chi connectivity index (χ0v) is 12.1. The van der Waals surface area contributed by atoms with E-state index in [9.17, 15) is 5.11 Å². The van der Waals surface area contributed by atoms with Crippen LogP contribution >= 0.6 is 0 Å². The molecule has 0 saturated heterocycles. The third-order valence-corrected chi connectivity index (χ3v) is 3.15. The Morgan fingerprint density at radius 3 is 2.64 bits per heavy atom. The second-order valence-corrected chi connectivity index (χ2v) is 4.63. The van der Waals surface area contributed by atoms with Gasteiger partial charge in [-0.1, -0.05) is 0 Å². The van der Waals surface area contributed by atoms with Crippen molar-refractivity contribution in [2.24, 2.45) is 10.2 Å². The number of rotatable bonds is 4. The fraction of sp³-hybridized carbons (Fsp3) is 0.118. The van der Waals surface area contributed by atoms with Gasteiger partial charge in [0.1, 0.15) is 17.0 Å². The van der Waals surface area contributed by atoms with Crippen LogP contribution in [0.5, 0.6) is 11.5 Å². The quantitative estimate of drug-likeness (QED) is 0.705. The van der Waals surface area contributed by atoms with Gasteiger partial charge >= 0.3 is 0 Å². The Kier molecular flexibility index (Phi) is 3.96. The Labute approximate surface area is 127 Å². The monoisotopic (exact) mass is 293 g/mol. The predicted octanol–water partition coefficient (Wildman–Crippen LogP) is 4.75. The lowest BCUT2D eigenvalue weighted by Gasteiger charge is -2.03. The molecular formula is C17H15N3O2. The van der Waals surface area contributed by atoms with Crippen LogP contribution in [0.25, 0.3) is 10.9 Å². The van der Waals surface area contributed by atoms with Gasteiger partial charge in [0.05, 0.1) is 18.0 Å². The molecule has 1 N–H and O–H groups in total. The Hall–Kier alpha value is -2.95. The Bertz CT molecular complexity index is 814. The SMILES string of the molecule is CCOc1ccc(N=Nc2ccc(O)c3ncccc23)cc1. The van der Waals surface area contributed by atoms with Crippen LogP contribution in [-0.4, -0.2) is 16.7 Å². The van der Waals surface area contributed by atoms with Gasteiger partial charge in [0.15, 0.2) is 0 Å². The third kappa shape index (κ3) is 2.88. The number of aromatic hydroxyl groups is 1. The Morgan fingerprint density at radius 2 is 1.86 bits per heavy atom. The number of hydrogen-bond acceptors (Lipinski definition) is 5. The van der Waals surface area contributed by atoms with Crippen molar-refractivity contribution in [3.05, 3.63) is 54.7 Å². The van der Waals surface area contributed by atoms with E-state index >= 15 is 0 Å². The van der Waals surface area contributed by atoms with E-state index < -0.39 is 0 Å². The van der Waals surface area contributed by atoms with Gasteiger partial charge in [-0.05, 0) is 55.5 Å². The smallest absolute Gasteiger partial charge is 0.141 e. The van der Waals surface area contributed by atoms with Crippen LogP contribution in [0.1, 0.15) is 6.92 Å². The van der Waals surface area contributed by atoms with E-state index in [1.165, 1.54) is 0 Å². The van der Waals surface area contributed by atoms with Crippen molar-refractivity contribution in [1.29, 1.82) is 0 Å². The second kappa shape index (κ2) is 6.22. The molecule has 3 aromatic rings. The minimum atomic E-state index is 0.135. The summed E-state index contributed by atoms with van der Waals surface area (Å²) in [6.45, 7) is 2.57. The van der Waals surface area contributed by atoms with Gasteiger partial charge in [0.2, 0.25) is 0 Å². The largest absolute Gasteiger partial charge is 0.506 e. The molecular weight excluding hydrogens is 278 g/mol. The first-order valence-electron chi connectivity index (χ1n) is 6.99. The molecule has 0 amide bonds. The second-order valence-electron chi connectivity index (χ2n) is 4.63. The van der Waals surface area contributed by atoms with Gasteiger partial charge in [-0.15, -0.1) is 5.11 Å². The summed E-state index contributed by atoms with van der Waals surface area (Å²) >= 11 is 0. The van der Waals surface area contributed by atoms with Crippen molar-refractivity contribution in [2.45, 2.75) is 6.92 Å². The molecule has 0 fully saturated rings. The van der Waals surface area contributed by atoms with Crippen LogP contribution in [0.3, 0.4) is 0 Å². The topological polar surface area (TPSA) is 67.1 Å². The molecule has 0 radical (unpaired) electrons. The van der Waals surface area contributed by atoms with Gasteiger partial charge in [0, 0.05) is 11.6 Å². The first-order valence-corrected chi connectivity index (χ1v) is 6.99. The fourth-order valence-corrected chi connectivity index (χ4v) is 2.12. The van der Waals surface area contributed by atoms with E-state index in [1.807, 2.05) is 37.3 Å². The molecule has 5 heteroatoms. The standard InChI is InChI=1S/C17H15N3O2/c1-2-22-13-7-5-12(6-8-13)19-20-15-9-10-16(21)17-14(15)4-3-11-18-17/h3-11,21H,2H2,1H3. The molecule has 1 heterocycles. The zero-order chi connectivity index (χ0) is 15.4. The summed E-state index contributed by atoms with van der Waals surface area (Å²) in [4.78, 5) is 4.16. The highest BCUT2D eigenvalue weighted by Gasteiger charge is 2.05. The number of fused-ring (bicyclic) bond motifs is 1. The van der Waals surface area contributed by atoms with E-state index in [1.54, 1.807) is 24.4 Å². The van der Waals surface area contributed by atoms with Crippen molar-refractivity contribution in [3.8, 4) is 11.5 Å². The van der Waals surface area contributed by atoms with Crippen LogP contribution in [0.2, 0.25) is 0 Å². The Balaban J connectivity index is 1.91. The molecule has 22 heavy (non-hydrogen) atoms. The highest BCUT2D eigenvalue weighted by molar-refractivity contribution is 5.93. The molecule has 110 valence electrons. The average molecular weight is 293 g/mol. The fourth-order valence-electron chi connectivity index (χ4n) is 2.12. The number of phenols is 1. The predicted molar refractivity (Wildman–Crippen MR) is 85.2 cm³/mol. The summed E-state index contributed by atoms with van der Waals surface area (Å²) in [6, 6.07) is 14.3. The molecule has 0 aliphatic carbocycles. The summed E-state index contributed by atoms with van der Waals surface area (Å²) in [6.07, 6.45) is 1.63. The van der Waals surface area contributed by atoms with Gasteiger partial charge in [0.25, 0.3) is 0 Å². The van der Waals surface area contributed by atoms with E-state index in [-0.39, 0.29) is 5.75 Å². The van der Waals surface area contributed by atoms with Gasteiger partial charge in [-0.2, -0.15) is 5.11 Å². The minimum Gasteiger partial charge on any atom is -0.506 e. The van der Waals surface area contributed by atoms with Crippen molar-refractivity contribution in [1.82, 2.24) is 4.98 Å².